The highest BCUT2D eigenvalue weighted by molar-refractivity contribution is 14.0. The first-order valence-corrected chi connectivity index (χ1v) is 9.60. The van der Waals surface area contributed by atoms with Gasteiger partial charge in [0.05, 0.1) is 13.2 Å². The molecule has 156 valence electrons. The molecule has 2 rings (SSSR count). The third kappa shape index (κ3) is 7.65. The minimum atomic E-state index is 0. The molecule has 1 aromatic carbocycles. The lowest BCUT2D eigenvalue weighted by molar-refractivity contribution is 0.336. The fourth-order valence-corrected chi connectivity index (χ4v) is 2.48. The second-order valence-corrected chi connectivity index (χ2v) is 6.62. The summed E-state index contributed by atoms with van der Waals surface area (Å²) in [6.45, 7) is 12.8. The van der Waals surface area contributed by atoms with Gasteiger partial charge < -0.3 is 19.9 Å². The van der Waals surface area contributed by atoms with Crippen molar-refractivity contribution in [1.29, 1.82) is 0 Å². The summed E-state index contributed by atoms with van der Waals surface area (Å²) in [5.41, 5.74) is 2.25. The average molecular weight is 501 g/mol. The van der Waals surface area contributed by atoms with E-state index in [9.17, 15) is 0 Å². The number of hydrogen-bond acceptors (Lipinski definition) is 5. The molecule has 0 aliphatic rings. The molecule has 8 heteroatoms. The number of nitrogens with one attached hydrogen (secondary N) is 2. The maximum Gasteiger partial charge on any atom is 0.228 e. The minimum Gasteiger partial charge on any atom is -0.494 e. The molecule has 0 amide bonds. The number of aliphatic imine (C=N–C) groups is 1. The summed E-state index contributed by atoms with van der Waals surface area (Å²) in [6, 6.07) is 6.20. The number of aromatic nitrogens is 2. The van der Waals surface area contributed by atoms with Crippen molar-refractivity contribution in [1.82, 2.24) is 20.8 Å². The Bertz CT molecular complexity index is 746. The summed E-state index contributed by atoms with van der Waals surface area (Å²) in [6.07, 6.45) is 0.652. The van der Waals surface area contributed by atoms with E-state index in [0.717, 1.165) is 29.6 Å². The number of rotatable bonds is 9. The lowest BCUT2D eigenvalue weighted by Crippen LogP contribution is -2.38. The van der Waals surface area contributed by atoms with Gasteiger partial charge in [-0.1, -0.05) is 31.1 Å². The number of benzene rings is 1. The molecular weight excluding hydrogens is 469 g/mol. The van der Waals surface area contributed by atoms with Crippen molar-refractivity contribution in [3.8, 4) is 5.75 Å². The predicted molar refractivity (Wildman–Crippen MR) is 123 cm³/mol. The predicted octanol–water partition coefficient (Wildman–Crippen LogP) is 3.82. The monoisotopic (exact) mass is 501 g/mol. The van der Waals surface area contributed by atoms with Gasteiger partial charge in [-0.15, -0.1) is 24.0 Å². The van der Waals surface area contributed by atoms with Crippen molar-refractivity contribution in [2.45, 2.75) is 53.5 Å². The second kappa shape index (κ2) is 12.6. The van der Waals surface area contributed by atoms with Crippen LogP contribution in [0.3, 0.4) is 0 Å². The molecule has 0 fully saturated rings. The highest BCUT2D eigenvalue weighted by Gasteiger charge is 2.10. The van der Waals surface area contributed by atoms with E-state index in [4.69, 9.17) is 9.26 Å². The van der Waals surface area contributed by atoms with E-state index in [2.05, 4.69) is 50.9 Å². The van der Waals surface area contributed by atoms with E-state index >= 15 is 0 Å². The maximum atomic E-state index is 5.73. The molecule has 0 spiro atoms. The van der Waals surface area contributed by atoms with Crippen LogP contribution >= 0.6 is 24.0 Å². The van der Waals surface area contributed by atoms with Crippen LogP contribution in [0.15, 0.2) is 27.7 Å². The van der Waals surface area contributed by atoms with Crippen LogP contribution in [-0.4, -0.2) is 35.8 Å². The van der Waals surface area contributed by atoms with Crippen LogP contribution in [-0.2, 0) is 13.0 Å². The molecule has 0 aliphatic carbocycles. The van der Waals surface area contributed by atoms with Crippen LogP contribution in [0.5, 0.6) is 5.75 Å². The highest BCUT2D eigenvalue weighted by atomic mass is 127. The molecule has 0 atom stereocenters. The van der Waals surface area contributed by atoms with Gasteiger partial charge in [0.15, 0.2) is 11.8 Å². The molecule has 7 nitrogen and oxygen atoms in total. The van der Waals surface area contributed by atoms with Gasteiger partial charge in [0.2, 0.25) is 5.89 Å². The topological polar surface area (TPSA) is 84.6 Å². The third-order valence-electron chi connectivity index (χ3n) is 3.91. The van der Waals surface area contributed by atoms with Gasteiger partial charge >= 0.3 is 0 Å². The van der Waals surface area contributed by atoms with E-state index in [0.29, 0.717) is 32.0 Å². The quantitative estimate of drug-likeness (QED) is 0.309. The molecule has 1 aromatic heterocycles. The van der Waals surface area contributed by atoms with Crippen LogP contribution in [0.1, 0.15) is 56.5 Å². The fraction of sp³-hybridized carbons (Fsp3) is 0.550. The molecule has 1 heterocycles. The first kappa shape index (κ1) is 24.2. The number of hydrogen-bond donors (Lipinski definition) is 2. The van der Waals surface area contributed by atoms with Crippen molar-refractivity contribution in [2.24, 2.45) is 4.99 Å². The van der Waals surface area contributed by atoms with Gasteiger partial charge in [-0.2, -0.15) is 4.98 Å². The molecule has 0 saturated carbocycles. The second-order valence-electron chi connectivity index (χ2n) is 6.62. The number of ether oxygens (including phenoxy) is 1. The summed E-state index contributed by atoms with van der Waals surface area (Å²) < 4.78 is 11.0. The van der Waals surface area contributed by atoms with Crippen molar-refractivity contribution < 1.29 is 9.26 Å². The van der Waals surface area contributed by atoms with Crippen LogP contribution in [0.25, 0.3) is 0 Å². The Labute approximate surface area is 184 Å². The Morgan fingerprint density at radius 2 is 2.04 bits per heavy atom. The van der Waals surface area contributed by atoms with Crippen molar-refractivity contribution in [2.75, 3.05) is 19.7 Å². The SMILES string of the molecule is CCNC(=NCc1ccc(C)cc1OCC)NCCc1nc(C(C)C)no1.I. The van der Waals surface area contributed by atoms with E-state index in [1.165, 1.54) is 5.56 Å². The zero-order valence-electron chi connectivity index (χ0n) is 17.4. The first-order chi connectivity index (χ1) is 13.0. The Kier molecular flexibility index (Phi) is 10.9. The summed E-state index contributed by atoms with van der Waals surface area (Å²) in [5.74, 6) is 3.30. The smallest absolute Gasteiger partial charge is 0.228 e. The normalized spacial score (nSPS) is 11.3. The summed E-state index contributed by atoms with van der Waals surface area (Å²) in [5, 5.41) is 10.6. The van der Waals surface area contributed by atoms with Gasteiger partial charge in [0.25, 0.3) is 0 Å². The number of guanidine groups is 1. The van der Waals surface area contributed by atoms with Crippen LogP contribution < -0.4 is 15.4 Å². The van der Waals surface area contributed by atoms with Gasteiger partial charge in [-0.25, -0.2) is 4.99 Å². The number of nitrogens with zero attached hydrogens (tertiary/aromatic N) is 3. The molecule has 0 aliphatic heterocycles. The first-order valence-electron chi connectivity index (χ1n) is 9.60. The standard InChI is InChI=1S/C20H31N5O2.HI/c1-6-21-20(22-11-10-18-24-19(14(3)4)25-27-18)23-13-16-9-8-15(5)12-17(16)26-7-2;/h8-9,12,14H,6-7,10-11,13H2,1-5H3,(H2,21,22,23);1H. The molecule has 0 radical (unpaired) electrons. The van der Waals surface area contributed by atoms with Gasteiger partial charge in [-0.3, -0.25) is 0 Å². The van der Waals surface area contributed by atoms with Gasteiger partial charge in [-0.05, 0) is 32.4 Å². The molecule has 0 bridgehead atoms. The molecule has 2 N–H and O–H groups in total. The minimum absolute atomic E-state index is 0. The number of aryl methyl sites for hydroxylation is 1. The van der Waals surface area contributed by atoms with Crippen molar-refractivity contribution in [3.63, 3.8) is 0 Å². The Morgan fingerprint density at radius 1 is 1.25 bits per heavy atom. The van der Waals surface area contributed by atoms with Gasteiger partial charge in [0.1, 0.15) is 5.75 Å². The highest BCUT2D eigenvalue weighted by Crippen LogP contribution is 2.21. The average Bonchev–Trinajstić information content (AvgIpc) is 3.10. The van der Waals surface area contributed by atoms with Crippen molar-refractivity contribution >= 4 is 29.9 Å². The fourth-order valence-electron chi connectivity index (χ4n) is 2.48. The van der Waals surface area contributed by atoms with Crippen LogP contribution in [0, 0.1) is 6.92 Å². The van der Waals surface area contributed by atoms with E-state index < -0.39 is 0 Å². The molecule has 2 aromatic rings. The lowest BCUT2D eigenvalue weighted by Gasteiger charge is -2.12. The largest absolute Gasteiger partial charge is 0.494 e. The zero-order valence-corrected chi connectivity index (χ0v) is 19.7. The summed E-state index contributed by atoms with van der Waals surface area (Å²) in [7, 11) is 0. The Hall–Kier alpha value is -1.84. The summed E-state index contributed by atoms with van der Waals surface area (Å²) in [4.78, 5) is 9.06. The molecule has 0 unspecified atom stereocenters. The summed E-state index contributed by atoms with van der Waals surface area (Å²) >= 11 is 0. The lowest BCUT2D eigenvalue weighted by atomic mass is 10.1. The van der Waals surface area contributed by atoms with E-state index in [1.54, 1.807) is 0 Å². The Balaban J connectivity index is 0.00000392. The maximum absolute atomic E-state index is 5.73. The van der Waals surface area contributed by atoms with E-state index in [1.807, 2.05) is 27.7 Å². The number of halogens is 1. The molecular formula is C20H32IN5O2. The third-order valence-corrected chi connectivity index (χ3v) is 3.91. The Morgan fingerprint density at radius 3 is 2.68 bits per heavy atom. The van der Waals surface area contributed by atoms with Crippen molar-refractivity contribution in [3.05, 3.63) is 41.0 Å². The molecule has 0 saturated heterocycles. The van der Waals surface area contributed by atoms with E-state index in [-0.39, 0.29) is 29.9 Å². The van der Waals surface area contributed by atoms with Gasteiger partial charge in [0, 0.05) is 31.0 Å². The zero-order chi connectivity index (χ0) is 19.6. The van der Waals surface area contributed by atoms with Crippen LogP contribution in [0.2, 0.25) is 0 Å². The van der Waals surface area contributed by atoms with Crippen LogP contribution in [0.4, 0.5) is 0 Å². The molecule has 28 heavy (non-hydrogen) atoms.